The number of aromatic nitrogens is 1. The number of nitrogens with zero attached hydrogens (tertiary/aromatic N) is 3. The second-order valence-corrected chi connectivity index (χ2v) is 5.14. The molecule has 1 amide bonds. The predicted molar refractivity (Wildman–Crippen MR) is 71.4 cm³/mol. The Kier molecular flexibility index (Phi) is 4.65. The van der Waals surface area contributed by atoms with E-state index < -0.39 is 17.7 Å². The Morgan fingerprint density at radius 3 is 2.90 bits per heavy atom. The van der Waals surface area contributed by atoms with Gasteiger partial charge in [0.2, 0.25) is 5.95 Å². The largest absolute Gasteiger partial charge is 0.334 e. The molecule has 0 aliphatic carbocycles. The maximum absolute atomic E-state index is 13.7. The summed E-state index contributed by atoms with van der Waals surface area (Å²) in [6.07, 6.45) is 2.73. The first kappa shape index (κ1) is 14.8. The first-order valence-electron chi connectivity index (χ1n) is 6.84. The SMILES string of the molecule is CCC1CN(C)CCCN1C(=O)c1ccnc(F)c1F. The fourth-order valence-electron chi connectivity index (χ4n) is 2.60. The lowest BCUT2D eigenvalue weighted by Gasteiger charge is -2.30. The van der Waals surface area contributed by atoms with Gasteiger partial charge in [0.15, 0.2) is 5.82 Å². The average molecular weight is 283 g/mol. The van der Waals surface area contributed by atoms with E-state index in [1.165, 1.54) is 6.07 Å². The lowest BCUT2D eigenvalue weighted by molar-refractivity contribution is 0.0669. The van der Waals surface area contributed by atoms with Crippen LogP contribution in [0.2, 0.25) is 0 Å². The second kappa shape index (κ2) is 6.26. The van der Waals surface area contributed by atoms with Gasteiger partial charge in [-0.25, -0.2) is 9.37 Å². The number of carbonyl (C=O) groups excluding carboxylic acids is 1. The van der Waals surface area contributed by atoms with Gasteiger partial charge < -0.3 is 9.80 Å². The summed E-state index contributed by atoms with van der Waals surface area (Å²) in [5, 5.41) is 0. The number of likely N-dealkylation sites (N-methyl/N-ethyl adjacent to an activating group) is 1. The Labute approximate surface area is 117 Å². The molecule has 0 bridgehead atoms. The van der Waals surface area contributed by atoms with Crippen LogP contribution in [0.5, 0.6) is 0 Å². The van der Waals surface area contributed by atoms with Gasteiger partial charge >= 0.3 is 0 Å². The normalized spacial score (nSPS) is 20.8. The van der Waals surface area contributed by atoms with E-state index >= 15 is 0 Å². The minimum Gasteiger partial charge on any atom is -0.334 e. The van der Waals surface area contributed by atoms with Crippen LogP contribution in [0.25, 0.3) is 0 Å². The van der Waals surface area contributed by atoms with Crippen molar-refractivity contribution in [3.8, 4) is 0 Å². The van der Waals surface area contributed by atoms with Gasteiger partial charge in [-0.3, -0.25) is 4.79 Å². The zero-order chi connectivity index (χ0) is 14.7. The number of pyridine rings is 1. The number of hydrogen-bond donors (Lipinski definition) is 0. The van der Waals surface area contributed by atoms with Gasteiger partial charge in [0.1, 0.15) is 0 Å². The highest BCUT2D eigenvalue weighted by Crippen LogP contribution is 2.18. The molecule has 1 unspecified atom stereocenters. The van der Waals surface area contributed by atoms with Crippen LogP contribution in [0, 0.1) is 11.8 Å². The summed E-state index contributed by atoms with van der Waals surface area (Å²) in [7, 11) is 2.00. The third kappa shape index (κ3) is 2.95. The van der Waals surface area contributed by atoms with Gasteiger partial charge in [-0.2, -0.15) is 4.39 Å². The zero-order valence-electron chi connectivity index (χ0n) is 11.8. The Bertz CT molecular complexity index is 495. The molecule has 0 radical (unpaired) electrons. The maximum atomic E-state index is 13.7. The van der Waals surface area contributed by atoms with Gasteiger partial charge in [-0.15, -0.1) is 0 Å². The van der Waals surface area contributed by atoms with Crippen LogP contribution in [0.4, 0.5) is 8.78 Å². The molecule has 0 aromatic carbocycles. The first-order valence-corrected chi connectivity index (χ1v) is 6.84. The summed E-state index contributed by atoms with van der Waals surface area (Å²) in [4.78, 5) is 19.5. The van der Waals surface area contributed by atoms with E-state index in [9.17, 15) is 13.6 Å². The molecule has 2 rings (SSSR count). The quantitative estimate of drug-likeness (QED) is 0.778. The van der Waals surface area contributed by atoms with Crippen molar-refractivity contribution < 1.29 is 13.6 Å². The second-order valence-electron chi connectivity index (χ2n) is 5.14. The monoisotopic (exact) mass is 283 g/mol. The van der Waals surface area contributed by atoms with E-state index in [-0.39, 0.29) is 11.6 Å². The molecule has 1 atom stereocenters. The summed E-state index contributed by atoms with van der Waals surface area (Å²) in [6, 6.07) is 1.26. The standard InChI is InChI=1S/C14H19F2N3O/c1-3-10-9-18(2)7-4-8-19(10)14(20)11-5-6-17-13(16)12(11)15/h5-6,10H,3-4,7-9H2,1-2H3. The van der Waals surface area contributed by atoms with Gasteiger partial charge in [-0.05, 0) is 32.5 Å². The molecule has 4 nitrogen and oxygen atoms in total. The predicted octanol–water partition coefficient (Wildman–Crippen LogP) is 1.92. The third-order valence-corrected chi connectivity index (χ3v) is 3.71. The third-order valence-electron chi connectivity index (χ3n) is 3.71. The molecule has 20 heavy (non-hydrogen) atoms. The van der Waals surface area contributed by atoms with E-state index in [0.29, 0.717) is 6.54 Å². The van der Waals surface area contributed by atoms with Crippen molar-refractivity contribution in [1.29, 1.82) is 0 Å². The van der Waals surface area contributed by atoms with E-state index in [1.807, 2.05) is 14.0 Å². The number of amides is 1. The summed E-state index contributed by atoms with van der Waals surface area (Å²) < 4.78 is 26.9. The van der Waals surface area contributed by atoms with Crippen molar-refractivity contribution in [2.24, 2.45) is 0 Å². The minimum atomic E-state index is -1.23. The molecule has 0 spiro atoms. The number of halogens is 2. The Morgan fingerprint density at radius 1 is 1.45 bits per heavy atom. The van der Waals surface area contributed by atoms with Crippen molar-refractivity contribution in [3.63, 3.8) is 0 Å². The van der Waals surface area contributed by atoms with Gasteiger partial charge in [0, 0.05) is 25.3 Å². The lowest BCUT2D eigenvalue weighted by atomic mass is 10.1. The molecule has 1 fully saturated rings. The number of carbonyl (C=O) groups is 1. The molecule has 1 aliphatic rings. The Morgan fingerprint density at radius 2 is 2.20 bits per heavy atom. The maximum Gasteiger partial charge on any atom is 0.257 e. The van der Waals surface area contributed by atoms with Gasteiger partial charge in [0.25, 0.3) is 5.91 Å². The van der Waals surface area contributed by atoms with Crippen molar-refractivity contribution in [1.82, 2.24) is 14.8 Å². The molecule has 1 aromatic heterocycles. The van der Waals surface area contributed by atoms with Crippen LogP contribution < -0.4 is 0 Å². The van der Waals surface area contributed by atoms with Crippen LogP contribution in [0.1, 0.15) is 30.1 Å². The van der Waals surface area contributed by atoms with Crippen molar-refractivity contribution in [2.45, 2.75) is 25.8 Å². The Balaban J connectivity index is 2.28. The van der Waals surface area contributed by atoms with Crippen LogP contribution in [-0.4, -0.2) is 53.4 Å². The number of hydrogen-bond acceptors (Lipinski definition) is 3. The van der Waals surface area contributed by atoms with Crippen molar-refractivity contribution in [3.05, 3.63) is 29.6 Å². The summed E-state index contributed by atoms with van der Waals surface area (Å²) in [6.45, 7) is 4.20. The van der Waals surface area contributed by atoms with Gasteiger partial charge in [-0.1, -0.05) is 6.92 Å². The minimum absolute atomic E-state index is 0.0191. The highest BCUT2D eigenvalue weighted by Gasteiger charge is 2.29. The molecule has 0 N–H and O–H groups in total. The molecule has 1 saturated heterocycles. The van der Waals surface area contributed by atoms with E-state index in [0.717, 1.165) is 32.1 Å². The molecule has 0 saturated carbocycles. The molecule has 2 heterocycles. The van der Waals surface area contributed by atoms with Crippen LogP contribution in [0.15, 0.2) is 12.3 Å². The highest BCUT2D eigenvalue weighted by atomic mass is 19.2. The zero-order valence-corrected chi connectivity index (χ0v) is 11.8. The Hall–Kier alpha value is -1.56. The fraction of sp³-hybridized carbons (Fsp3) is 0.571. The molecule has 1 aromatic rings. The molecule has 1 aliphatic heterocycles. The highest BCUT2D eigenvalue weighted by molar-refractivity contribution is 5.94. The number of rotatable bonds is 2. The average Bonchev–Trinajstić information content (AvgIpc) is 2.62. The molecule has 6 heteroatoms. The van der Waals surface area contributed by atoms with E-state index in [4.69, 9.17) is 0 Å². The summed E-state index contributed by atoms with van der Waals surface area (Å²) in [5.41, 5.74) is -0.236. The van der Waals surface area contributed by atoms with E-state index in [2.05, 4.69) is 9.88 Å². The smallest absolute Gasteiger partial charge is 0.257 e. The molecular formula is C14H19F2N3O. The van der Waals surface area contributed by atoms with Gasteiger partial charge in [0.05, 0.1) is 5.56 Å². The molecular weight excluding hydrogens is 264 g/mol. The van der Waals surface area contributed by atoms with Crippen molar-refractivity contribution in [2.75, 3.05) is 26.7 Å². The van der Waals surface area contributed by atoms with Crippen LogP contribution >= 0.6 is 0 Å². The summed E-state index contributed by atoms with van der Waals surface area (Å²) in [5.74, 6) is -2.84. The van der Waals surface area contributed by atoms with E-state index in [1.54, 1.807) is 4.90 Å². The van der Waals surface area contributed by atoms with Crippen LogP contribution in [0.3, 0.4) is 0 Å². The topological polar surface area (TPSA) is 36.4 Å². The first-order chi connectivity index (χ1) is 9.54. The lowest BCUT2D eigenvalue weighted by Crippen LogP contribution is -2.43. The summed E-state index contributed by atoms with van der Waals surface area (Å²) >= 11 is 0. The van der Waals surface area contributed by atoms with Crippen LogP contribution in [-0.2, 0) is 0 Å². The van der Waals surface area contributed by atoms with Crippen molar-refractivity contribution >= 4 is 5.91 Å². The molecule has 110 valence electrons. The fourth-order valence-corrected chi connectivity index (χ4v) is 2.60.